The summed E-state index contributed by atoms with van der Waals surface area (Å²) in [6.45, 7) is 0.776. The summed E-state index contributed by atoms with van der Waals surface area (Å²) in [5.74, 6) is -0.132. The number of nitrogens with one attached hydrogen (secondary N) is 1. The minimum atomic E-state index is -0.134. The molecule has 1 aromatic heterocycles. The molecule has 1 fully saturated rings. The molecular weight excluding hydrogens is 390 g/mol. The van der Waals surface area contributed by atoms with Gasteiger partial charge in [0.2, 0.25) is 5.91 Å². The minimum absolute atomic E-state index is 0.0119. The molecule has 0 bridgehead atoms. The van der Waals surface area contributed by atoms with E-state index >= 15 is 0 Å². The molecule has 3 aromatic rings. The van der Waals surface area contributed by atoms with Crippen LogP contribution in [0.25, 0.3) is 17.0 Å². The molecule has 2 heterocycles. The summed E-state index contributed by atoms with van der Waals surface area (Å²) in [6, 6.07) is 14.1. The summed E-state index contributed by atoms with van der Waals surface area (Å²) in [6.07, 6.45) is 9.29. The van der Waals surface area contributed by atoms with Gasteiger partial charge in [0.05, 0.1) is 23.9 Å². The maximum atomic E-state index is 12.7. The van der Waals surface area contributed by atoms with E-state index in [4.69, 9.17) is 9.47 Å². The van der Waals surface area contributed by atoms with Crippen LogP contribution in [0.1, 0.15) is 48.2 Å². The van der Waals surface area contributed by atoms with Crippen LogP contribution in [0.5, 0.6) is 0 Å². The minimum Gasteiger partial charge on any atom is -0.379 e. The summed E-state index contributed by atoms with van der Waals surface area (Å²) in [5.41, 5.74) is 4.34. The van der Waals surface area contributed by atoms with E-state index in [1.165, 1.54) is 5.56 Å². The van der Waals surface area contributed by atoms with Crippen molar-refractivity contribution in [1.82, 2.24) is 15.1 Å². The average molecular weight is 418 g/mol. The summed E-state index contributed by atoms with van der Waals surface area (Å²) < 4.78 is 13.5. The number of nitrogens with zero attached hydrogens (tertiary/aromatic N) is 2. The molecule has 1 saturated heterocycles. The first-order valence-corrected chi connectivity index (χ1v) is 10.9. The Morgan fingerprint density at radius 3 is 3.00 bits per heavy atom. The van der Waals surface area contributed by atoms with Gasteiger partial charge in [0.15, 0.2) is 6.23 Å². The van der Waals surface area contributed by atoms with E-state index in [1.807, 2.05) is 41.2 Å². The number of methoxy groups -OCH3 is 1. The first-order valence-electron chi connectivity index (χ1n) is 10.9. The second kappa shape index (κ2) is 8.65. The fraction of sp³-hybridized carbons (Fsp3) is 0.360. The Morgan fingerprint density at radius 1 is 1.26 bits per heavy atom. The number of fused-ring (bicyclic) bond motifs is 2. The molecule has 2 aromatic carbocycles. The van der Waals surface area contributed by atoms with Crippen molar-refractivity contribution >= 4 is 22.9 Å². The Balaban J connectivity index is 1.32. The van der Waals surface area contributed by atoms with Gasteiger partial charge in [-0.1, -0.05) is 36.4 Å². The molecule has 0 radical (unpaired) electrons. The van der Waals surface area contributed by atoms with Gasteiger partial charge < -0.3 is 14.8 Å². The molecule has 0 spiro atoms. The van der Waals surface area contributed by atoms with Gasteiger partial charge in [-0.25, -0.2) is 4.68 Å². The number of carbonyl (C=O) groups excluding carboxylic acids is 1. The number of aromatic nitrogens is 2. The summed E-state index contributed by atoms with van der Waals surface area (Å²) in [7, 11) is 1.69. The van der Waals surface area contributed by atoms with Crippen molar-refractivity contribution in [2.24, 2.45) is 0 Å². The van der Waals surface area contributed by atoms with Crippen molar-refractivity contribution in [2.45, 2.75) is 44.1 Å². The Hall–Kier alpha value is -2.96. The second-order valence-electron chi connectivity index (χ2n) is 8.23. The Morgan fingerprint density at radius 2 is 2.16 bits per heavy atom. The van der Waals surface area contributed by atoms with Crippen molar-refractivity contribution in [1.29, 1.82) is 0 Å². The average Bonchev–Trinajstić information content (AvgIpc) is 3.39. The van der Waals surface area contributed by atoms with Gasteiger partial charge >= 0.3 is 0 Å². The van der Waals surface area contributed by atoms with Crippen LogP contribution >= 0.6 is 0 Å². The highest BCUT2D eigenvalue weighted by Gasteiger charge is 2.32. The summed E-state index contributed by atoms with van der Waals surface area (Å²) in [4.78, 5) is 12.7. The van der Waals surface area contributed by atoms with Crippen LogP contribution in [0.2, 0.25) is 0 Å². The van der Waals surface area contributed by atoms with Crippen LogP contribution in [-0.4, -0.2) is 35.5 Å². The summed E-state index contributed by atoms with van der Waals surface area (Å²) >= 11 is 0. The standard InChI is InChI=1S/C25H27N3O3/c1-30-22-15-18-6-2-3-7-20(18)25(22)27-23(29)12-10-17-9-11-19-16-26-28(21(19)14-17)24-8-4-5-13-31-24/h2-3,6-7,9-12,14,16,22,24-25H,4-5,8,13,15H2,1H3,(H,27,29)/b12-10+/t22-,24?,25-/m0/s1. The number of carbonyl (C=O) groups is 1. The van der Waals surface area contributed by atoms with Crippen molar-refractivity contribution in [3.05, 3.63) is 71.4 Å². The topological polar surface area (TPSA) is 65.4 Å². The second-order valence-corrected chi connectivity index (χ2v) is 8.23. The van der Waals surface area contributed by atoms with Gasteiger partial charge in [-0.15, -0.1) is 0 Å². The lowest BCUT2D eigenvalue weighted by atomic mass is 10.1. The number of rotatable bonds is 5. The lowest BCUT2D eigenvalue weighted by Gasteiger charge is -2.23. The highest BCUT2D eigenvalue weighted by Crippen LogP contribution is 2.33. The predicted molar refractivity (Wildman–Crippen MR) is 119 cm³/mol. The van der Waals surface area contributed by atoms with Crippen molar-refractivity contribution in [3.8, 4) is 0 Å². The van der Waals surface area contributed by atoms with Gasteiger partial charge in [-0.2, -0.15) is 5.10 Å². The highest BCUT2D eigenvalue weighted by atomic mass is 16.5. The van der Waals surface area contributed by atoms with Crippen molar-refractivity contribution < 1.29 is 14.3 Å². The molecule has 1 amide bonds. The zero-order valence-electron chi connectivity index (χ0n) is 17.7. The van der Waals surface area contributed by atoms with Crippen LogP contribution in [0.4, 0.5) is 0 Å². The third kappa shape index (κ3) is 4.01. The molecule has 6 heteroatoms. The first kappa shape index (κ1) is 20.0. The van der Waals surface area contributed by atoms with Crippen molar-refractivity contribution in [3.63, 3.8) is 0 Å². The molecule has 6 nitrogen and oxygen atoms in total. The SMILES string of the molecule is CO[C@H]1Cc2ccccc2[C@@H]1NC(=O)/C=C/c1ccc2cnn(C3CCCCO3)c2c1. The Kier molecular flexibility index (Phi) is 5.57. The van der Waals surface area contributed by atoms with Crippen molar-refractivity contribution in [2.75, 3.05) is 13.7 Å². The van der Waals surface area contributed by atoms with Crippen LogP contribution in [0, 0.1) is 0 Å². The normalized spacial score (nSPS) is 23.3. The quantitative estimate of drug-likeness (QED) is 0.633. The fourth-order valence-electron chi connectivity index (χ4n) is 4.63. The Labute approximate surface area is 181 Å². The van der Waals surface area contributed by atoms with Gasteiger partial charge in [0.1, 0.15) is 0 Å². The van der Waals surface area contributed by atoms with Gasteiger partial charge in [-0.3, -0.25) is 4.79 Å². The van der Waals surface area contributed by atoms with Gasteiger partial charge in [-0.05, 0) is 48.1 Å². The smallest absolute Gasteiger partial charge is 0.244 e. The van der Waals surface area contributed by atoms with Crippen LogP contribution in [-0.2, 0) is 20.7 Å². The molecule has 1 N–H and O–H groups in total. The fourth-order valence-corrected chi connectivity index (χ4v) is 4.63. The lowest BCUT2D eigenvalue weighted by Crippen LogP contribution is -2.33. The molecule has 1 aliphatic carbocycles. The van der Waals surface area contributed by atoms with E-state index in [2.05, 4.69) is 28.6 Å². The van der Waals surface area contributed by atoms with Gasteiger partial charge in [0.25, 0.3) is 0 Å². The molecule has 160 valence electrons. The van der Waals surface area contributed by atoms with E-state index in [9.17, 15) is 4.79 Å². The maximum Gasteiger partial charge on any atom is 0.244 e. The molecule has 3 atom stereocenters. The molecule has 5 rings (SSSR count). The highest BCUT2D eigenvalue weighted by molar-refractivity contribution is 5.93. The monoisotopic (exact) mass is 417 g/mol. The van der Waals surface area contributed by atoms with Crippen LogP contribution in [0.15, 0.2) is 54.7 Å². The molecule has 31 heavy (non-hydrogen) atoms. The number of hydrogen-bond donors (Lipinski definition) is 1. The Bertz CT molecular complexity index is 1110. The number of benzene rings is 2. The zero-order valence-corrected chi connectivity index (χ0v) is 17.7. The van der Waals surface area contributed by atoms with E-state index in [1.54, 1.807) is 13.2 Å². The molecule has 1 unspecified atom stereocenters. The van der Waals surface area contributed by atoms with E-state index in [-0.39, 0.29) is 24.3 Å². The molecule has 1 aliphatic heterocycles. The number of hydrogen-bond acceptors (Lipinski definition) is 4. The first-order chi connectivity index (χ1) is 15.2. The predicted octanol–water partition coefficient (Wildman–Crippen LogP) is 4.18. The zero-order chi connectivity index (χ0) is 21.2. The summed E-state index contributed by atoms with van der Waals surface area (Å²) in [5, 5.41) is 8.72. The van der Waals surface area contributed by atoms with Crippen LogP contribution in [0.3, 0.4) is 0 Å². The number of amides is 1. The van der Waals surface area contributed by atoms with E-state index in [0.717, 1.165) is 54.3 Å². The third-order valence-electron chi connectivity index (χ3n) is 6.26. The largest absolute Gasteiger partial charge is 0.379 e. The molecule has 2 aliphatic rings. The number of ether oxygens (including phenoxy) is 2. The van der Waals surface area contributed by atoms with Gasteiger partial charge in [0, 0.05) is 31.6 Å². The maximum absolute atomic E-state index is 12.7. The van der Waals surface area contributed by atoms with E-state index in [0.29, 0.717) is 0 Å². The molecule has 0 saturated carbocycles. The third-order valence-corrected chi connectivity index (χ3v) is 6.26. The lowest BCUT2D eigenvalue weighted by molar-refractivity contribution is -0.118. The van der Waals surface area contributed by atoms with Crippen LogP contribution < -0.4 is 5.32 Å². The molecular formula is C25H27N3O3. The van der Waals surface area contributed by atoms with E-state index < -0.39 is 0 Å².